The van der Waals surface area contributed by atoms with E-state index in [1.807, 2.05) is 5.32 Å². The first kappa shape index (κ1) is 16.3. The molecule has 0 aliphatic carbocycles. The first-order chi connectivity index (χ1) is 9.69. The summed E-state index contributed by atoms with van der Waals surface area (Å²) in [4.78, 5) is 41.8. The van der Waals surface area contributed by atoms with Crippen molar-refractivity contribution in [3.8, 4) is 0 Å². The molecule has 1 rings (SSSR count). The molecule has 0 saturated heterocycles. The zero-order valence-electron chi connectivity index (χ0n) is 12.0. The normalized spacial score (nSPS) is 10.6. The number of nitrogens with zero attached hydrogens (tertiary/aromatic N) is 2. The van der Waals surface area contributed by atoms with Crippen LogP contribution in [0.1, 0.15) is 31.3 Å². The number of urea groups is 1. The van der Waals surface area contributed by atoms with Gasteiger partial charge >= 0.3 is 12.0 Å². The van der Waals surface area contributed by atoms with Crippen molar-refractivity contribution in [2.75, 3.05) is 12.3 Å². The number of rotatable bonds is 3. The third-order valence-electron chi connectivity index (χ3n) is 2.00. The van der Waals surface area contributed by atoms with E-state index in [1.54, 1.807) is 20.8 Å². The second-order valence-electron chi connectivity index (χ2n) is 5.12. The van der Waals surface area contributed by atoms with Crippen LogP contribution in [-0.4, -0.2) is 40.0 Å². The summed E-state index contributed by atoms with van der Waals surface area (Å²) in [7, 11) is 0. The zero-order valence-corrected chi connectivity index (χ0v) is 12.0. The lowest BCUT2D eigenvalue weighted by Gasteiger charge is -2.20. The number of nitrogens with one attached hydrogen (secondary N) is 2. The van der Waals surface area contributed by atoms with Crippen LogP contribution >= 0.6 is 0 Å². The van der Waals surface area contributed by atoms with Crippen LogP contribution in [0.4, 0.5) is 10.6 Å². The van der Waals surface area contributed by atoms with E-state index in [-0.39, 0.29) is 11.5 Å². The van der Waals surface area contributed by atoms with Crippen LogP contribution in [0.25, 0.3) is 0 Å². The topological polar surface area (TPSA) is 136 Å². The van der Waals surface area contributed by atoms with E-state index >= 15 is 0 Å². The SMILES string of the molecule is CC(C)(C)NC(=O)NC(=O)COC(=O)c1nccnc1N. The molecule has 114 valence electrons. The van der Waals surface area contributed by atoms with E-state index < -0.39 is 30.1 Å². The van der Waals surface area contributed by atoms with E-state index in [0.29, 0.717) is 0 Å². The second-order valence-corrected chi connectivity index (χ2v) is 5.12. The first-order valence-electron chi connectivity index (χ1n) is 6.04. The standard InChI is InChI=1S/C12H17N5O4/c1-12(2,3)17-11(20)16-7(18)6-21-10(19)8-9(13)15-5-4-14-8/h4-5H,6H2,1-3H3,(H2,13,15)(H2,16,17,18,20). The van der Waals surface area contributed by atoms with Crippen LogP contribution in [0, 0.1) is 0 Å². The van der Waals surface area contributed by atoms with Crippen LogP contribution in [0.15, 0.2) is 12.4 Å². The van der Waals surface area contributed by atoms with Crippen molar-refractivity contribution in [3.05, 3.63) is 18.1 Å². The highest BCUT2D eigenvalue weighted by molar-refractivity contribution is 5.97. The average Bonchev–Trinajstić information content (AvgIpc) is 2.34. The van der Waals surface area contributed by atoms with Crippen molar-refractivity contribution < 1.29 is 19.1 Å². The number of nitrogen functional groups attached to an aromatic ring is 1. The largest absolute Gasteiger partial charge is 0.451 e. The minimum absolute atomic E-state index is 0.103. The highest BCUT2D eigenvalue weighted by Crippen LogP contribution is 2.04. The van der Waals surface area contributed by atoms with Gasteiger partial charge in [0.1, 0.15) is 0 Å². The summed E-state index contributed by atoms with van der Waals surface area (Å²) in [6.45, 7) is 4.64. The third kappa shape index (κ3) is 5.85. The lowest BCUT2D eigenvalue weighted by Crippen LogP contribution is -2.49. The van der Waals surface area contributed by atoms with Crippen LogP contribution in [0.5, 0.6) is 0 Å². The highest BCUT2D eigenvalue weighted by atomic mass is 16.5. The molecular weight excluding hydrogens is 278 g/mol. The predicted molar refractivity (Wildman–Crippen MR) is 73.2 cm³/mol. The molecule has 0 aromatic carbocycles. The maximum Gasteiger partial charge on any atom is 0.361 e. The van der Waals surface area contributed by atoms with Gasteiger partial charge in [-0.3, -0.25) is 10.1 Å². The number of hydrogen-bond acceptors (Lipinski definition) is 7. The minimum atomic E-state index is -0.896. The molecule has 1 aromatic rings. The number of carbonyl (C=O) groups excluding carboxylic acids is 3. The third-order valence-corrected chi connectivity index (χ3v) is 2.00. The van der Waals surface area contributed by atoms with Gasteiger partial charge in [-0.15, -0.1) is 0 Å². The van der Waals surface area contributed by atoms with E-state index in [2.05, 4.69) is 20.0 Å². The molecular formula is C12H17N5O4. The Labute approximate surface area is 121 Å². The summed E-state index contributed by atoms with van der Waals surface area (Å²) in [5.41, 5.74) is 4.76. The number of amides is 3. The van der Waals surface area contributed by atoms with Crippen molar-refractivity contribution >= 4 is 23.7 Å². The Morgan fingerprint density at radius 3 is 2.43 bits per heavy atom. The van der Waals surface area contributed by atoms with Gasteiger partial charge in [0.25, 0.3) is 5.91 Å². The van der Waals surface area contributed by atoms with Crippen molar-refractivity contribution in [1.29, 1.82) is 0 Å². The van der Waals surface area contributed by atoms with Crippen LogP contribution in [0.3, 0.4) is 0 Å². The lowest BCUT2D eigenvalue weighted by atomic mass is 10.1. The number of imide groups is 1. The van der Waals surface area contributed by atoms with Crippen LogP contribution in [-0.2, 0) is 9.53 Å². The zero-order chi connectivity index (χ0) is 16.0. The smallest absolute Gasteiger partial charge is 0.361 e. The molecule has 9 heteroatoms. The van der Waals surface area contributed by atoms with Crippen molar-refractivity contribution in [2.24, 2.45) is 0 Å². The van der Waals surface area contributed by atoms with E-state index in [1.165, 1.54) is 12.4 Å². The van der Waals surface area contributed by atoms with Gasteiger partial charge in [0.05, 0.1) is 0 Å². The first-order valence-corrected chi connectivity index (χ1v) is 6.04. The van der Waals surface area contributed by atoms with Crippen molar-refractivity contribution in [2.45, 2.75) is 26.3 Å². The van der Waals surface area contributed by atoms with Gasteiger partial charge in [0, 0.05) is 17.9 Å². The molecule has 1 heterocycles. The number of carbonyl (C=O) groups is 3. The van der Waals surface area contributed by atoms with Crippen LogP contribution in [0.2, 0.25) is 0 Å². The van der Waals surface area contributed by atoms with E-state index in [4.69, 9.17) is 5.73 Å². The number of aromatic nitrogens is 2. The van der Waals surface area contributed by atoms with Gasteiger partial charge in [-0.1, -0.05) is 0 Å². The number of nitrogens with two attached hydrogens (primary N) is 1. The van der Waals surface area contributed by atoms with Crippen molar-refractivity contribution in [3.63, 3.8) is 0 Å². The Morgan fingerprint density at radius 2 is 1.86 bits per heavy atom. The molecule has 0 unspecified atom stereocenters. The molecule has 0 aliphatic heterocycles. The van der Waals surface area contributed by atoms with Gasteiger partial charge in [-0.05, 0) is 20.8 Å². The highest BCUT2D eigenvalue weighted by Gasteiger charge is 2.18. The number of esters is 1. The number of ether oxygens (including phenoxy) is 1. The van der Waals surface area contributed by atoms with Gasteiger partial charge in [-0.25, -0.2) is 19.6 Å². The summed E-state index contributed by atoms with van der Waals surface area (Å²) >= 11 is 0. The molecule has 0 bridgehead atoms. The van der Waals surface area contributed by atoms with E-state index in [9.17, 15) is 14.4 Å². The fourth-order valence-electron chi connectivity index (χ4n) is 1.24. The van der Waals surface area contributed by atoms with E-state index in [0.717, 1.165) is 0 Å². The Balaban J connectivity index is 2.45. The number of anilines is 1. The Hall–Kier alpha value is -2.71. The minimum Gasteiger partial charge on any atom is -0.451 e. The Morgan fingerprint density at radius 1 is 1.24 bits per heavy atom. The van der Waals surface area contributed by atoms with Gasteiger partial charge < -0.3 is 15.8 Å². The monoisotopic (exact) mass is 295 g/mol. The average molecular weight is 295 g/mol. The molecule has 0 fully saturated rings. The fraction of sp³-hybridized carbons (Fsp3) is 0.417. The second kappa shape index (κ2) is 6.64. The summed E-state index contributed by atoms with van der Waals surface area (Å²) in [6.07, 6.45) is 2.58. The van der Waals surface area contributed by atoms with Crippen molar-refractivity contribution in [1.82, 2.24) is 20.6 Å². The fourth-order valence-corrected chi connectivity index (χ4v) is 1.24. The predicted octanol–water partition coefficient (Wildman–Crippen LogP) is -0.160. The Bertz CT molecular complexity index is 553. The molecule has 0 spiro atoms. The molecule has 0 radical (unpaired) electrons. The summed E-state index contributed by atoms with van der Waals surface area (Å²) in [6, 6.07) is -0.678. The van der Waals surface area contributed by atoms with Gasteiger partial charge in [0.2, 0.25) is 0 Å². The Kier molecular flexibility index (Phi) is 5.17. The number of hydrogen-bond donors (Lipinski definition) is 3. The quantitative estimate of drug-likeness (QED) is 0.659. The molecule has 21 heavy (non-hydrogen) atoms. The molecule has 1 aromatic heterocycles. The molecule has 0 aliphatic rings. The van der Waals surface area contributed by atoms with Gasteiger partial charge in [0.15, 0.2) is 18.1 Å². The molecule has 0 atom stereocenters. The molecule has 4 N–H and O–H groups in total. The summed E-state index contributed by atoms with van der Waals surface area (Å²) in [5.74, 6) is -1.77. The van der Waals surface area contributed by atoms with Gasteiger partial charge in [-0.2, -0.15) is 0 Å². The maximum atomic E-state index is 11.6. The lowest BCUT2D eigenvalue weighted by molar-refractivity contribution is -0.123. The summed E-state index contributed by atoms with van der Waals surface area (Å²) in [5, 5.41) is 4.55. The van der Waals surface area contributed by atoms with Crippen LogP contribution < -0.4 is 16.4 Å². The summed E-state index contributed by atoms with van der Waals surface area (Å²) < 4.78 is 4.69. The molecule has 3 amide bonds. The molecule has 0 saturated carbocycles. The molecule has 9 nitrogen and oxygen atoms in total. The maximum absolute atomic E-state index is 11.6.